The van der Waals surface area contributed by atoms with E-state index in [4.69, 9.17) is 0 Å². The summed E-state index contributed by atoms with van der Waals surface area (Å²) in [5, 5.41) is 12.5. The van der Waals surface area contributed by atoms with Crippen molar-refractivity contribution in [1.29, 1.82) is 0 Å². The first-order chi connectivity index (χ1) is 8.05. The summed E-state index contributed by atoms with van der Waals surface area (Å²) >= 11 is 5.11. The minimum Gasteiger partial charge on any atom is -0.389 e. The average Bonchev–Trinajstić information content (AvgIpc) is 2.73. The molecule has 0 spiro atoms. The first-order valence-electron chi connectivity index (χ1n) is 5.54. The molecule has 0 bridgehead atoms. The Hall–Kier alpha value is -0.640. The number of rotatable bonds is 4. The predicted molar refractivity (Wildman–Crippen MR) is 76.5 cm³/mol. The minimum absolute atomic E-state index is 0.679. The molecular weight excluding hydrogens is 296 g/mol. The lowest BCUT2D eigenvalue weighted by molar-refractivity contribution is 0.0616. The van der Waals surface area contributed by atoms with Gasteiger partial charge in [-0.3, -0.25) is 0 Å². The highest BCUT2D eigenvalue weighted by molar-refractivity contribution is 9.10. The third-order valence-electron chi connectivity index (χ3n) is 2.63. The molecule has 0 aliphatic rings. The Labute approximate surface area is 114 Å². The first kappa shape index (κ1) is 12.8. The fourth-order valence-corrected chi connectivity index (χ4v) is 3.04. The number of halogens is 1. The van der Waals surface area contributed by atoms with Crippen molar-refractivity contribution in [3.63, 3.8) is 0 Å². The molecule has 2 aromatic rings. The molecule has 0 radical (unpaired) electrons. The molecule has 90 valence electrons. The molecule has 0 amide bonds. The van der Waals surface area contributed by atoms with Crippen molar-refractivity contribution in [1.82, 2.24) is 0 Å². The Morgan fingerprint density at radius 1 is 1.18 bits per heavy atom. The van der Waals surface area contributed by atoms with Gasteiger partial charge in [-0.25, -0.2) is 0 Å². The molecule has 0 saturated carbocycles. The Kier molecular flexibility index (Phi) is 4.02. The zero-order valence-electron chi connectivity index (χ0n) is 9.69. The van der Waals surface area contributed by atoms with Gasteiger partial charge in [0.15, 0.2) is 0 Å². The van der Waals surface area contributed by atoms with Crippen LogP contribution in [0.3, 0.4) is 0 Å². The van der Waals surface area contributed by atoms with Crippen LogP contribution < -0.4 is 0 Å². The molecule has 1 N–H and O–H groups in total. The normalized spacial score (nSPS) is 14.5. The largest absolute Gasteiger partial charge is 0.389 e. The maximum absolute atomic E-state index is 10.4. The smallest absolute Gasteiger partial charge is 0.0707 e. The van der Waals surface area contributed by atoms with E-state index in [1.165, 1.54) is 4.88 Å². The van der Waals surface area contributed by atoms with E-state index in [0.29, 0.717) is 12.8 Å². The van der Waals surface area contributed by atoms with Crippen molar-refractivity contribution in [3.05, 3.63) is 56.7 Å². The third kappa shape index (κ3) is 3.95. The number of benzene rings is 1. The van der Waals surface area contributed by atoms with Gasteiger partial charge in [0.05, 0.1) is 5.60 Å². The highest BCUT2D eigenvalue weighted by atomic mass is 79.9. The van der Waals surface area contributed by atoms with Crippen LogP contribution in [0.5, 0.6) is 0 Å². The number of hydrogen-bond donors (Lipinski definition) is 1. The Balaban J connectivity index is 2.03. The second kappa shape index (κ2) is 5.34. The van der Waals surface area contributed by atoms with Crippen molar-refractivity contribution < 1.29 is 5.11 Å². The summed E-state index contributed by atoms with van der Waals surface area (Å²) in [6, 6.07) is 12.2. The van der Waals surface area contributed by atoms with Crippen LogP contribution in [0.1, 0.15) is 17.4 Å². The van der Waals surface area contributed by atoms with Gasteiger partial charge in [-0.05, 0) is 36.1 Å². The molecule has 1 heterocycles. The monoisotopic (exact) mass is 310 g/mol. The van der Waals surface area contributed by atoms with Crippen molar-refractivity contribution in [2.75, 3.05) is 0 Å². The highest BCUT2D eigenvalue weighted by Gasteiger charge is 2.21. The highest BCUT2D eigenvalue weighted by Crippen LogP contribution is 2.22. The summed E-state index contributed by atoms with van der Waals surface area (Å²) in [6.45, 7) is 1.90. The Morgan fingerprint density at radius 3 is 2.47 bits per heavy atom. The van der Waals surface area contributed by atoms with Gasteiger partial charge in [0, 0.05) is 22.2 Å². The SMILES string of the molecule is CC(O)(Cc1ccc(Br)cc1)Cc1cccs1. The van der Waals surface area contributed by atoms with Gasteiger partial charge in [0.2, 0.25) is 0 Å². The summed E-state index contributed by atoms with van der Waals surface area (Å²) in [4.78, 5) is 1.23. The molecule has 2 rings (SSSR count). The minimum atomic E-state index is -0.682. The van der Waals surface area contributed by atoms with Crippen LogP contribution in [0.2, 0.25) is 0 Å². The molecule has 0 aliphatic heterocycles. The van der Waals surface area contributed by atoms with Crippen LogP contribution in [0.15, 0.2) is 46.3 Å². The average molecular weight is 311 g/mol. The van der Waals surface area contributed by atoms with Crippen molar-refractivity contribution in [3.8, 4) is 0 Å². The molecule has 0 saturated heterocycles. The van der Waals surface area contributed by atoms with Gasteiger partial charge in [-0.1, -0.05) is 34.1 Å². The lowest BCUT2D eigenvalue weighted by Crippen LogP contribution is -2.29. The zero-order valence-corrected chi connectivity index (χ0v) is 12.1. The van der Waals surface area contributed by atoms with Gasteiger partial charge >= 0.3 is 0 Å². The summed E-state index contributed by atoms with van der Waals surface area (Å²) in [5.74, 6) is 0. The number of aliphatic hydroxyl groups is 1. The predicted octanol–water partition coefficient (Wildman–Crippen LogP) is 4.05. The molecule has 3 heteroatoms. The molecule has 1 nitrogen and oxygen atoms in total. The van der Waals surface area contributed by atoms with Gasteiger partial charge < -0.3 is 5.11 Å². The molecule has 1 aromatic heterocycles. The van der Waals surface area contributed by atoms with E-state index in [2.05, 4.69) is 22.0 Å². The quantitative estimate of drug-likeness (QED) is 0.903. The molecule has 1 unspecified atom stereocenters. The van der Waals surface area contributed by atoms with Gasteiger partial charge in [0.1, 0.15) is 0 Å². The Bertz CT molecular complexity index is 459. The molecular formula is C14H15BrOS. The Morgan fingerprint density at radius 2 is 1.88 bits per heavy atom. The first-order valence-corrected chi connectivity index (χ1v) is 7.22. The van der Waals surface area contributed by atoms with Crippen LogP contribution in [-0.2, 0) is 12.8 Å². The lowest BCUT2D eigenvalue weighted by atomic mass is 9.93. The van der Waals surface area contributed by atoms with Crippen LogP contribution in [-0.4, -0.2) is 10.7 Å². The van der Waals surface area contributed by atoms with E-state index < -0.39 is 5.60 Å². The maximum Gasteiger partial charge on any atom is 0.0707 e. The summed E-state index contributed by atoms with van der Waals surface area (Å²) in [7, 11) is 0. The number of hydrogen-bond acceptors (Lipinski definition) is 2. The van der Waals surface area contributed by atoms with Crippen LogP contribution in [0.4, 0.5) is 0 Å². The maximum atomic E-state index is 10.4. The van der Waals surface area contributed by atoms with Crippen LogP contribution in [0.25, 0.3) is 0 Å². The van der Waals surface area contributed by atoms with Gasteiger partial charge in [-0.15, -0.1) is 11.3 Å². The molecule has 17 heavy (non-hydrogen) atoms. The molecule has 1 atom stereocenters. The lowest BCUT2D eigenvalue weighted by Gasteiger charge is -2.22. The van der Waals surface area contributed by atoms with Gasteiger partial charge in [-0.2, -0.15) is 0 Å². The van der Waals surface area contributed by atoms with E-state index in [-0.39, 0.29) is 0 Å². The summed E-state index contributed by atoms with van der Waals surface area (Å²) in [6.07, 6.45) is 1.39. The fraction of sp³-hybridized carbons (Fsp3) is 0.286. The molecule has 1 aromatic carbocycles. The summed E-state index contributed by atoms with van der Waals surface area (Å²) < 4.78 is 1.07. The fourth-order valence-electron chi connectivity index (χ4n) is 1.89. The van der Waals surface area contributed by atoms with Crippen LogP contribution >= 0.6 is 27.3 Å². The van der Waals surface area contributed by atoms with E-state index in [9.17, 15) is 5.11 Å². The van der Waals surface area contributed by atoms with E-state index >= 15 is 0 Å². The topological polar surface area (TPSA) is 20.2 Å². The van der Waals surface area contributed by atoms with Crippen molar-refractivity contribution in [2.45, 2.75) is 25.4 Å². The van der Waals surface area contributed by atoms with E-state index in [1.807, 2.05) is 42.6 Å². The summed E-state index contributed by atoms with van der Waals surface area (Å²) in [5.41, 5.74) is 0.480. The second-order valence-electron chi connectivity index (χ2n) is 4.56. The third-order valence-corrected chi connectivity index (χ3v) is 4.04. The zero-order chi connectivity index (χ0) is 12.3. The van der Waals surface area contributed by atoms with Crippen LogP contribution in [0, 0.1) is 0 Å². The molecule has 0 fully saturated rings. The van der Waals surface area contributed by atoms with Gasteiger partial charge in [0.25, 0.3) is 0 Å². The number of thiophene rings is 1. The van der Waals surface area contributed by atoms with Crippen molar-refractivity contribution >= 4 is 27.3 Å². The standard InChI is InChI=1S/C14H15BrOS/c1-14(16,10-13-3-2-8-17-13)9-11-4-6-12(15)7-5-11/h2-8,16H,9-10H2,1H3. The molecule has 0 aliphatic carbocycles. The van der Waals surface area contributed by atoms with E-state index in [1.54, 1.807) is 11.3 Å². The second-order valence-corrected chi connectivity index (χ2v) is 6.50. The van der Waals surface area contributed by atoms with Crippen molar-refractivity contribution in [2.24, 2.45) is 0 Å². The van der Waals surface area contributed by atoms with E-state index in [0.717, 1.165) is 10.0 Å².